The molecule has 2 aliphatic rings. The summed E-state index contributed by atoms with van der Waals surface area (Å²) >= 11 is 6.24. The third-order valence-electron chi connectivity index (χ3n) is 7.18. The molecular formula is C31H25ClN2O4. The van der Waals surface area contributed by atoms with Gasteiger partial charge in [0.1, 0.15) is 11.5 Å². The van der Waals surface area contributed by atoms with Crippen LogP contribution in [0.4, 0.5) is 11.4 Å². The number of nitrogens with zero attached hydrogens (tertiary/aromatic N) is 1. The molecule has 2 heterocycles. The second-order valence-electron chi connectivity index (χ2n) is 9.44. The number of hydrogen-bond acceptors (Lipinski definition) is 5. The van der Waals surface area contributed by atoms with Crippen LogP contribution in [0.2, 0.25) is 5.02 Å². The van der Waals surface area contributed by atoms with Gasteiger partial charge in [-0.25, -0.2) is 0 Å². The van der Waals surface area contributed by atoms with Gasteiger partial charge in [0.05, 0.1) is 30.8 Å². The molecule has 190 valence electrons. The molecule has 3 aromatic carbocycles. The molecule has 1 aromatic heterocycles. The zero-order chi connectivity index (χ0) is 26.2. The minimum absolute atomic E-state index is 0.0274. The van der Waals surface area contributed by atoms with Crippen LogP contribution in [0.3, 0.4) is 0 Å². The Bertz CT molecular complexity index is 1530. The first-order valence-electron chi connectivity index (χ1n) is 12.4. The number of allylic oxidation sites excluding steroid dienone is 1. The summed E-state index contributed by atoms with van der Waals surface area (Å²) in [4.78, 5) is 30.0. The lowest BCUT2D eigenvalue weighted by Crippen LogP contribution is -2.38. The fraction of sp³-hybridized carbons (Fsp3) is 0.161. The maximum Gasteiger partial charge on any atom is 0.259 e. The molecule has 0 bridgehead atoms. The van der Waals surface area contributed by atoms with E-state index in [9.17, 15) is 9.59 Å². The Kier molecular flexibility index (Phi) is 6.26. The first-order valence-corrected chi connectivity index (χ1v) is 12.8. The number of fused-ring (bicyclic) bond motifs is 1. The van der Waals surface area contributed by atoms with Crippen LogP contribution in [0.1, 0.15) is 46.5 Å². The van der Waals surface area contributed by atoms with E-state index < -0.39 is 6.04 Å². The van der Waals surface area contributed by atoms with Crippen molar-refractivity contribution in [2.24, 2.45) is 0 Å². The number of ketones is 1. The molecule has 2 unspecified atom stereocenters. The second-order valence-corrected chi connectivity index (χ2v) is 9.87. The van der Waals surface area contributed by atoms with Gasteiger partial charge in [0.25, 0.3) is 5.91 Å². The predicted molar refractivity (Wildman–Crippen MR) is 147 cm³/mol. The Labute approximate surface area is 225 Å². The number of hydrogen-bond donors (Lipinski definition) is 1. The van der Waals surface area contributed by atoms with E-state index >= 15 is 0 Å². The number of ether oxygens (including phenoxy) is 1. The minimum atomic E-state index is -0.655. The molecule has 6 rings (SSSR count). The van der Waals surface area contributed by atoms with Crippen molar-refractivity contribution in [2.45, 2.75) is 24.8 Å². The lowest BCUT2D eigenvalue weighted by Gasteiger charge is -2.35. The third-order valence-corrected chi connectivity index (χ3v) is 7.43. The van der Waals surface area contributed by atoms with Crippen molar-refractivity contribution in [1.82, 2.24) is 0 Å². The Hall–Kier alpha value is -4.29. The molecule has 7 heteroatoms. The zero-order valence-corrected chi connectivity index (χ0v) is 21.4. The first-order chi connectivity index (χ1) is 18.5. The number of nitrogens with one attached hydrogen (secondary N) is 1. The first kappa shape index (κ1) is 24.1. The number of amides is 1. The van der Waals surface area contributed by atoms with Gasteiger partial charge in [0.15, 0.2) is 5.78 Å². The van der Waals surface area contributed by atoms with Crippen LogP contribution in [0.25, 0.3) is 0 Å². The Morgan fingerprint density at radius 1 is 0.974 bits per heavy atom. The summed E-state index contributed by atoms with van der Waals surface area (Å²) in [7, 11) is 1.59. The summed E-state index contributed by atoms with van der Waals surface area (Å²) in [6.45, 7) is 0. The molecule has 38 heavy (non-hydrogen) atoms. The van der Waals surface area contributed by atoms with Crippen LogP contribution in [-0.4, -0.2) is 18.8 Å². The molecule has 1 aliphatic carbocycles. The van der Waals surface area contributed by atoms with E-state index in [2.05, 4.69) is 5.32 Å². The molecule has 1 aliphatic heterocycles. The Morgan fingerprint density at radius 2 is 1.74 bits per heavy atom. The summed E-state index contributed by atoms with van der Waals surface area (Å²) in [5.74, 6) is 1.09. The number of carbonyl (C=O) groups excluding carboxylic acids is 2. The van der Waals surface area contributed by atoms with Crippen molar-refractivity contribution in [1.29, 1.82) is 0 Å². The van der Waals surface area contributed by atoms with E-state index in [1.807, 2.05) is 48.5 Å². The molecule has 0 spiro atoms. The quantitative estimate of drug-likeness (QED) is 0.307. The summed E-state index contributed by atoms with van der Waals surface area (Å²) in [5, 5.41) is 4.11. The number of anilines is 2. The van der Waals surface area contributed by atoms with Crippen LogP contribution in [-0.2, 0) is 4.79 Å². The third kappa shape index (κ3) is 4.27. The van der Waals surface area contributed by atoms with Crippen molar-refractivity contribution >= 4 is 34.7 Å². The van der Waals surface area contributed by atoms with Gasteiger partial charge < -0.3 is 14.5 Å². The fourth-order valence-corrected chi connectivity index (χ4v) is 5.50. The molecule has 1 N–H and O–H groups in total. The highest BCUT2D eigenvalue weighted by atomic mass is 35.5. The van der Waals surface area contributed by atoms with Crippen molar-refractivity contribution in [3.63, 3.8) is 0 Å². The second kappa shape index (κ2) is 9.88. The van der Waals surface area contributed by atoms with Crippen LogP contribution in [0.15, 0.2) is 107 Å². The Morgan fingerprint density at radius 3 is 2.45 bits per heavy atom. The predicted octanol–water partition coefficient (Wildman–Crippen LogP) is 7.16. The van der Waals surface area contributed by atoms with Gasteiger partial charge in [0, 0.05) is 34.2 Å². The van der Waals surface area contributed by atoms with Crippen LogP contribution < -0.4 is 15.0 Å². The van der Waals surface area contributed by atoms with Gasteiger partial charge in [-0.2, -0.15) is 0 Å². The number of halogens is 1. The lowest BCUT2D eigenvalue weighted by atomic mass is 9.80. The molecule has 0 saturated heterocycles. The van der Waals surface area contributed by atoms with Crippen molar-refractivity contribution < 1.29 is 18.7 Å². The number of benzene rings is 3. The van der Waals surface area contributed by atoms with Crippen molar-refractivity contribution in [2.75, 3.05) is 17.3 Å². The largest absolute Gasteiger partial charge is 0.497 e. The highest BCUT2D eigenvalue weighted by molar-refractivity contribution is 6.30. The highest BCUT2D eigenvalue weighted by Gasteiger charge is 2.42. The number of para-hydroxylation sites is 2. The number of furan rings is 1. The van der Waals surface area contributed by atoms with Crippen molar-refractivity contribution in [3.8, 4) is 5.75 Å². The number of rotatable bonds is 4. The van der Waals surface area contributed by atoms with Gasteiger partial charge >= 0.3 is 0 Å². The number of methoxy groups -OCH3 is 1. The van der Waals surface area contributed by atoms with E-state index in [1.165, 1.54) is 0 Å². The number of Topliss-reactive ketones (excluding diaryl/α,β-unsaturated/α-hetero) is 1. The molecule has 6 nitrogen and oxygen atoms in total. The average Bonchev–Trinajstić information content (AvgIpc) is 3.44. The SMILES string of the molecule is COc1ccc(C(=O)N2c3ccccc3NC3=C(C(=O)CC(c4ccco4)C3)C2c2ccc(Cl)cc2)cc1. The van der Waals surface area contributed by atoms with Gasteiger partial charge in [0.2, 0.25) is 0 Å². The summed E-state index contributed by atoms with van der Waals surface area (Å²) in [6, 6.07) is 25.1. The summed E-state index contributed by atoms with van der Waals surface area (Å²) in [5.41, 5.74) is 4.09. The monoisotopic (exact) mass is 524 g/mol. The van der Waals surface area contributed by atoms with E-state index in [1.54, 1.807) is 54.7 Å². The minimum Gasteiger partial charge on any atom is -0.497 e. The normalized spacial score (nSPS) is 18.8. The van der Waals surface area contributed by atoms with E-state index in [0.29, 0.717) is 40.4 Å². The highest BCUT2D eigenvalue weighted by Crippen LogP contribution is 2.48. The molecule has 1 amide bonds. The van der Waals surface area contributed by atoms with Gasteiger partial charge in [-0.15, -0.1) is 0 Å². The van der Waals surface area contributed by atoms with Crippen molar-refractivity contribution in [3.05, 3.63) is 124 Å². The molecule has 0 radical (unpaired) electrons. The maximum absolute atomic E-state index is 14.3. The van der Waals surface area contributed by atoms with Crippen LogP contribution in [0, 0.1) is 0 Å². The lowest BCUT2D eigenvalue weighted by molar-refractivity contribution is -0.116. The smallest absolute Gasteiger partial charge is 0.259 e. The van der Waals surface area contributed by atoms with Crippen LogP contribution >= 0.6 is 11.6 Å². The van der Waals surface area contributed by atoms with E-state index in [4.69, 9.17) is 20.8 Å². The summed E-state index contributed by atoms with van der Waals surface area (Å²) in [6.07, 6.45) is 2.50. The van der Waals surface area contributed by atoms with Gasteiger partial charge in [-0.05, 0) is 72.6 Å². The Balaban J connectivity index is 1.55. The molecule has 4 aromatic rings. The standard InChI is InChI=1S/C31H25ClN2O4/c1-37-23-14-10-20(11-15-23)31(36)34-26-6-3-2-5-24(26)33-25-17-21(28-7-4-16-38-28)18-27(35)29(25)30(34)19-8-12-22(32)13-9-19/h2-16,21,30,33H,17-18H2,1H3. The van der Waals surface area contributed by atoms with Crippen LogP contribution in [0.5, 0.6) is 5.75 Å². The molecule has 0 fully saturated rings. The van der Waals surface area contributed by atoms with Gasteiger partial charge in [-0.1, -0.05) is 35.9 Å². The topological polar surface area (TPSA) is 71.8 Å². The maximum atomic E-state index is 14.3. The van der Waals surface area contributed by atoms with E-state index in [-0.39, 0.29) is 17.6 Å². The van der Waals surface area contributed by atoms with E-state index in [0.717, 1.165) is 22.7 Å². The summed E-state index contributed by atoms with van der Waals surface area (Å²) < 4.78 is 11.0. The van der Waals surface area contributed by atoms with Gasteiger partial charge in [-0.3, -0.25) is 14.5 Å². The fourth-order valence-electron chi connectivity index (χ4n) is 5.37. The number of carbonyl (C=O) groups is 2. The zero-order valence-electron chi connectivity index (χ0n) is 20.7. The molecule has 0 saturated carbocycles. The average molecular weight is 525 g/mol. The molecule has 2 atom stereocenters. The molecular weight excluding hydrogens is 500 g/mol.